The zero-order chi connectivity index (χ0) is 27.2. The average molecular weight is 554 g/mol. The molecule has 0 saturated heterocycles. The number of carbonyl (C=O) groups is 2. The lowest BCUT2D eigenvalue weighted by atomic mass is 10.1. The number of urea groups is 1. The Labute approximate surface area is 231 Å². The van der Waals surface area contributed by atoms with E-state index < -0.39 is 6.10 Å². The van der Waals surface area contributed by atoms with Crippen molar-refractivity contribution in [3.05, 3.63) is 93.7 Å². The maximum Gasteiger partial charge on any atom is 0.322 e. The second-order valence-corrected chi connectivity index (χ2v) is 9.86. The van der Waals surface area contributed by atoms with Crippen LogP contribution in [0.15, 0.2) is 67.0 Å². The molecule has 4 aromatic rings. The van der Waals surface area contributed by atoms with E-state index in [0.29, 0.717) is 39.8 Å². The fourth-order valence-corrected chi connectivity index (χ4v) is 4.26. The van der Waals surface area contributed by atoms with Crippen LogP contribution in [-0.4, -0.2) is 44.5 Å². The highest BCUT2D eigenvalue weighted by atomic mass is 35.5. The largest absolute Gasteiger partial charge is 0.387 e. The second-order valence-electron chi connectivity index (χ2n) is 9.04. The number of aromatic nitrogens is 2. The van der Waals surface area contributed by atoms with Crippen molar-refractivity contribution in [3.63, 3.8) is 0 Å². The molecule has 4 N–H and O–H groups in total. The average Bonchev–Trinajstić information content (AvgIpc) is 3.40. The van der Waals surface area contributed by atoms with Gasteiger partial charge < -0.3 is 25.6 Å². The van der Waals surface area contributed by atoms with Gasteiger partial charge in [0.15, 0.2) is 0 Å². The Bertz CT molecular complexity index is 1420. The molecule has 0 spiro atoms. The minimum absolute atomic E-state index is 0.0905. The van der Waals surface area contributed by atoms with Crippen molar-refractivity contribution in [2.75, 3.05) is 11.9 Å². The second kappa shape index (κ2) is 12.3. The summed E-state index contributed by atoms with van der Waals surface area (Å²) in [6.45, 7) is 4.33. The van der Waals surface area contributed by atoms with Gasteiger partial charge in [-0.15, -0.1) is 0 Å². The molecule has 4 rings (SSSR count). The fraction of sp³-hybridized carbons (Fsp3) is 0.250. The number of hydrogen-bond acceptors (Lipinski definition) is 4. The number of aromatic amines is 1. The van der Waals surface area contributed by atoms with Crippen LogP contribution in [0.25, 0.3) is 11.0 Å². The maximum atomic E-state index is 13.1. The van der Waals surface area contributed by atoms with Gasteiger partial charge in [-0.1, -0.05) is 48.3 Å². The lowest BCUT2D eigenvalue weighted by molar-refractivity contribution is 0.0951. The van der Waals surface area contributed by atoms with Gasteiger partial charge in [0, 0.05) is 23.8 Å². The molecule has 0 saturated carbocycles. The van der Waals surface area contributed by atoms with E-state index in [-0.39, 0.29) is 24.5 Å². The molecule has 0 radical (unpaired) electrons. The lowest BCUT2D eigenvalue weighted by Gasteiger charge is -2.31. The molecule has 0 bridgehead atoms. The molecule has 8 nitrogen and oxygen atoms in total. The maximum absolute atomic E-state index is 13.1. The van der Waals surface area contributed by atoms with E-state index in [1.165, 1.54) is 0 Å². The van der Waals surface area contributed by atoms with E-state index in [1.807, 2.05) is 26.0 Å². The molecule has 0 aliphatic heterocycles. The van der Waals surface area contributed by atoms with E-state index >= 15 is 0 Å². The van der Waals surface area contributed by atoms with E-state index in [9.17, 15) is 14.7 Å². The SMILES string of the molecule is CCC(C)N(C[C@@H](O)c1ccc(Cl)c(Cl)c1)C(=O)Nc1ccc(CNC(=O)c2ccc3nc[nH]c3c2)cc1. The number of anilines is 1. The number of imidazole rings is 1. The normalized spacial score (nSPS) is 12.7. The Hall–Kier alpha value is -3.59. The number of amides is 3. The number of hydrogen-bond donors (Lipinski definition) is 4. The molecule has 0 fully saturated rings. The third-order valence-electron chi connectivity index (χ3n) is 6.42. The molecular formula is C28H29Cl2N5O3. The number of carbonyl (C=O) groups excluding carboxylic acids is 2. The summed E-state index contributed by atoms with van der Waals surface area (Å²) in [7, 11) is 0. The monoisotopic (exact) mass is 553 g/mol. The fourth-order valence-electron chi connectivity index (χ4n) is 3.96. The molecule has 3 aromatic carbocycles. The van der Waals surface area contributed by atoms with Gasteiger partial charge in [0.05, 0.1) is 40.1 Å². The molecule has 38 heavy (non-hydrogen) atoms. The highest BCUT2D eigenvalue weighted by Crippen LogP contribution is 2.27. The van der Waals surface area contributed by atoms with Crippen molar-refractivity contribution in [3.8, 4) is 0 Å². The first-order valence-electron chi connectivity index (χ1n) is 12.3. The number of aliphatic hydroxyl groups excluding tert-OH is 1. The third kappa shape index (κ3) is 6.64. The Morgan fingerprint density at radius 2 is 1.82 bits per heavy atom. The predicted octanol–water partition coefficient (Wildman–Crippen LogP) is 6.17. The lowest BCUT2D eigenvalue weighted by Crippen LogP contribution is -2.43. The summed E-state index contributed by atoms with van der Waals surface area (Å²) < 4.78 is 0. The number of rotatable bonds is 9. The van der Waals surface area contributed by atoms with Crippen molar-refractivity contribution >= 4 is 51.9 Å². The minimum atomic E-state index is -0.926. The van der Waals surface area contributed by atoms with Crippen LogP contribution in [-0.2, 0) is 6.54 Å². The Kier molecular flexibility index (Phi) is 8.89. The summed E-state index contributed by atoms with van der Waals surface area (Å²) in [6, 6.07) is 17.0. The molecule has 3 amide bonds. The van der Waals surface area contributed by atoms with Gasteiger partial charge in [-0.3, -0.25) is 4.79 Å². The zero-order valence-corrected chi connectivity index (χ0v) is 22.6. The van der Waals surface area contributed by atoms with E-state index in [2.05, 4.69) is 20.6 Å². The van der Waals surface area contributed by atoms with Crippen LogP contribution >= 0.6 is 23.2 Å². The van der Waals surface area contributed by atoms with Gasteiger partial charge in [0.25, 0.3) is 5.91 Å². The minimum Gasteiger partial charge on any atom is -0.387 e. The Morgan fingerprint density at radius 1 is 1.05 bits per heavy atom. The van der Waals surface area contributed by atoms with E-state index in [4.69, 9.17) is 23.2 Å². The van der Waals surface area contributed by atoms with Crippen LogP contribution in [0.3, 0.4) is 0 Å². The molecule has 0 aliphatic rings. The van der Waals surface area contributed by atoms with Crippen LogP contribution < -0.4 is 10.6 Å². The standard InChI is InChI=1S/C28H29Cl2N5O3/c1-3-17(2)35(15-26(36)19-6-10-22(29)23(30)12-19)28(38)34-21-8-4-18(5-9-21)14-31-27(37)20-7-11-24-25(13-20)33-16-32-24/h4-13,16-17,26,36H,3,14-15H2,1-2H3,(H,31,37)(H,32,33)(H,34,38)/t17?,26-/m1/s1. The van der Waals surface area contributed by atoms with Gasteiger partial charge in [-0.2, -0.15) is 0 Å². The van der Waals surface area contributed by atoms with Crippen LogP contribution in [0.5, 0.6) is 0 Å². The first-order valence-corrected chi connectivity index (χ1v) is 13.0. The number of aliphatic hydroxyl groups is 1. The van der Waals surface area contributed by atoms with E-state index in [1.54, 1.807) is 59.8 Å². The number of nitrogens with zero attached hydrogens (tertiary/aromatic N) is 2. The first-order chi connectivity index (χ1) is 18.2. The molecule has 10 heteroatoms. The third-order valence-corrected chi connectivity index (χ3v) is 7.16. The summed E-state index contributed by atoms with van der Waals surface area (Å²) in [5.41, 5.74) is 4.21. The molecular weight excluding hydrogens is 525 g/mol. The van der Waals surface area contributed by atoms with Gasteiger partial charge in [-0.25, -0.2) is 9.78 Å². The van der Waals surface area contributed by atoms with Crippen LogP contribution in [0, 0.1) is 0 Å². The van der Waals surface area contributed by atoms with Gasteiger partial charge in [0.2, 0.25) is 0 Å². The van der Waals surface area contributed by atoms with Crippen molar-refractivity contribution in [1.82, 2.24) is 20.2 Å². The van der Waals surface area contributed by atoms with Crippen LogP contribution in [0.4, 0.5) is 10.5 Å². The van der Waals surface area contributed by atoms with Crippen LogP contribution in [0.1, 0.15) is 47.9 Å². The summed E-state index contributed by atoms with van der Waals surface area (Å²) in [4.78, 5) is 34.4. The van der Waals surface area contributed by atoms with Crippen molar-refractivity contribution in [2.24, 2.45) is 0 Å². The van der Waals surface area contributed by atoms with Gasteiger partial charge in [0.1, 0.15) is 0 Å². The molecule has 1 unspecified atom stereocenters. The quantitative estimate of drug-likeness (QED) is 0.199. The highest BCUT2D eigenvalue weighted by Gasteiger charge is 2.23. The van der Waals surface area contributed by atoms with E-state index in [0.717, 1.165) is 16.6 Å². The zero-order valence-electron chi connectivity index (χ0n) is 21.0. The predicted molar refractivity (Wildman–Crippen MR) is 151 cm³/mol. The van der Waals surface area contributed by atoms with Crippen molar-refractivity contribution in [2.45, 2.75) is 39.0 Å². The van der Waals surface area contributed by atoms with Crippen molar-refractivity contribution < 1.29 is 14.7 Å². The Morgan fingerprint density at radius 3 is 2.53 bits per heavy atom. The first kappa shape index (κ1) is 27.4. The van der Waals surface area contributed by atoms with Gasteiger partial charge in [-0.05, 0) is 66.9 Å². The smallest absolute Gasteiger partial charge is 0.322 e. The molecule has 2 atom stereocenters. The molecule has 1 heterocycles. The number of fused-ring (bicyclic) bond motifs is 1. The van der Waals surface area contributed by atoms with Crippen molar-refractivity contribution in [1.29, 1.82) is 0 Å². The number of benzene rings is 3. The Balaban J connectivity index is 1.35. The summed E-state index contributed by atoms with van der Waals surface area (Å²) in [5, 5.41) is 17.3. The summed E-state index contributed by atoms with van der Waals surface area (Å²) in [6.07, 6.45) is 1.38. The highest BCUT2D eigenvalue weighted by molar-refractivity contribution is 6.42. The summed E-state index contributed by atoms with van der Waals surface area (Å²) >= 11 is 12.1. The molecule has 1 aromatic heterocycles. The number of nitrogens with one attached hydrogen (secondary N) is 3. The summed E-state index contributed by atoms with van der Waals surface area (Å²) in [5.74, 6) is -0.191. The number of halogens is 2. The number of H-pyrrole nitrogens is 1. The topological polar surface area (TPSA) is 110 Å². The van der Waals surface area contributed by atoms with Crippen LogP contribution in [0.2, 0.25) is 10.0 Å². The van der Waals surface area contributed by atoms with Gasteiger partial charge >= 0.3 is 6.03 Å². The molecule has 198 valence electrons. The molecule has 0 aliphatic carbocycles.